The first-order chi connectivity index (χ1) is 9.63. The van der Waals surface area contributed by atoms with Gasteiger partial charge >= 0.3 is 0 Å². The lowest BCUT2D eigenvalue weighted by molar-refractivity contribution is 0.358. The van der Waals surface area contributed by atoms with E-state index in [4.69, 9.17) is 5.84 Å². The molecule has 0 amide bonds. The van der Waals surface area contributed by atoms with Crippen LogP contribution < -0.4 is 11.3 Å². The van der Waals surface area contributed by atoms with Crippen LogP contribution in [0.25, 0.3) is 0 Å². The fourth-order valence-corrected chi connectivity index (χ4v) is 3.68. The summed E-state index contributed by atoms with van der Waals surface area (Å²) in [4.78, 5) is 0. The lowest BCUT2D eigenvalue weighted by Crippen LogP contribution is -2.32. The molecular weight excluding hydrogens is 244 g/mol. The summed E-state index contributed by atoms with van der Waals surface area (Å²) in [5.41, 5.74) is 5.89. The van der Waals surface area contributed by atoms with Crippen LogP contribution in [0.15, 0.2) is 24.3 Å². The van der Waals surface area contributed by atoms with Gasteiger partial charge in [0.2, 0.25) is 0 Å². The second-order valence-electron chi connectivity index (χ2n) is 6.83. The molecule has 20 heavy (non-hydrogen) atoms. The first-order valence-corrected chi connectivity index (χ1v) is 8.19. The van der Waals surface area contributed by atoms with Crippen molar-refractivity contribution < 1.29 is 0 Å². The van der Waals surface area contributed by atoms with Crippen LogP contribution in [0, 0.1) is 17.8 Å². The van der Waals surface area contributed by atoms with Crippen molar-refractivity contribution >= 4 is 0 Å². The average Bonchev–Trinajstić information content (AvgIpc) is 2.88. The minimum absolute atomic E-state index is 0.318. The smallest absolute Gasteiger partial charge is 0.0488 e. The average molecular weight is 274 g/mol. The predicted octanol–water partition coefficient (Wildman–Crippen LogP) is 4.22. The maximum absolute atomic E-state index is 5.87. The third-order valence-corrected chi connectivity index (χ3v) is 4.76. The number of nitrogens with two attached hydrogens (primary N) is 1. The Balaban J connectivity index is 2.11. The number of benzene rings is 1. The van der Waals surface area contributed by atoms with Crippen LogP contribution >= 0.6 is 0 Å². The molecule has 2 heteroatoms. The molecule has 0 radical (unpaired) electrons. The molecule has 0 aliphatic heterocycles. The molecule has 3 atom stereocenters. The van der Waals surface area contributed by atoms with E-state index >= 15 is 0 Å². The predicted molar refractivity (Wildman–Crippen MR) is 86.2 cm³/mol. The van der Waals surface area contributed by atoms with E-state index in [2.05, 4.69) is 50.5 Å². The number of rotatable bonds is 6. The van der Waals surface area contributed by atoms with Crippen molar-refractivity contribution in [1.29, 1.82) is 0 Å². The molecule has 1 aliphatic rings. The summed E-state index contributed by atoms with van der Waals surface area (Å²) in [6.07, 6.45) is 6.45. The summed E-state index contributed by atoms with van der Waals surface area (Å²) in [7, 11) is 0. The first-order valence-electron chi connectivity index (χ1n) is 8.19. The first kappa shape index (κ1) is 15.5. The molecule has 1 aromatic carbocycles. The van der Waals surface area contributed by atoms with Gasteiger partial charge in [0.25, 0.3) is 0 Å². The van der Waals surface area contributed by atoms with Gasteiger partial charge in [-0.15, -0.1) is 0 Å². The van der Waals surface area contributed by atoms with Crippen molar-refractivity contribution in [2.24, 2.45) is 23.6 Å². The molecule has 112 valence electrons. The van der Waals surface area contributed by atoms with Gasteiger partial charge in [-0.2, -0.15) is 0 Å². The van der Waals surface area contributed by atoms with Crippen LogP contribution in [0.2, 0.25) is 0 Å². The maximum Gasteiger partial charge on any atom is 0.0488 e. The summed E-state index contributed by atoms with van der Waals surface area (Å²) >= 11 is 0. The molecule has 3 unspecified atom stereocenters. The van der Waals surface area contributed by atoms with Crippen LogP contribution in [0.1, 0.15) is 63.6 Å². The molecule has 1 saturated carbocycles. The summed E-state index contributed by atoms with van der Waals surface area (Å²) in [6, 6.07) is 9.32. The van der Waals surface area contributed by atoms with Gasteiger partial charge in [0.15, 0.2) is 0 Å². The Morgan fingerprint density at radius 2 is 2.10 bits per heavy atom. The van der Waals surface area contributed by atoms with E-state index in [1.54, 1.807) is 0 Å². The van der Waals surface area contributed by atoms with Gasteiger partial charge < -0.3 is 0 Å². The highest BCUT2D eigenvalue weighted by Gasteiger charge is 2.30. The Bertz CT molecular complexity index is 414. The van der Waals surface area contributed by atoms with Crippen LogP contribution in [0.4, 0.5) is 0 Å². The van der Waals surface area contributed by atoms with Gasteiger partial charge in [-0.3, -0.25) is 11.3 Å². The Hall–Kier alpha value is -0.860. The number of hydrogen-bond donors (Lipinski definition) is 2. The fourth-order valence-electron chi connectivity index (χ4n) is 3.68. The van der Waals surface area contributed by atoms with Gasteiger partial charge in [-0.05, 0) is 48.1 Å². The zero-order valence-electron chi connectivity index (χ0n) is 13.2. The highest BCUT2D eigenvalue weighted by molar-refractivity contribution is 5.27. The Morgan fingerprint density at radius 3 is 2.70 bits per heavy atom. The minimum atomic E-state index is 0.318. The summed E-state index contributed by atoms with van der Waals surface area (Å²) in [5.74, 6) is 8.16. The molecule has 2 nitrogen and oxygen atoms in total. The Morgan fingerprint density at radius 1 is 1.30 bits per heavy atom. The van der Waals surface area contributed by atoms with Crippen LogP contribution in [0.3, 0.4) is 0 Å². The van der Waals surface area contributed by atoms with E-state index in [1.807, 2.05) is 0 Å². The van der Waals surface area contributed by atoms with Crippen molar-refractivity contribution in [3.05, 3.63) is 35.4 Å². The normalized spacial score (nSPS) is 24.2. The molecule has 0 heterocycles. The molecule has 1 aliphatic carbocycles. The van der Waals surface area contributed by atoms with Crippen molar-refractivity contribution in [2.75, 3.05) is 0 Å². The third-order valence-electron chi connectivity index (χ3n) is 4.76. The number of hydrazine groups is 1. The van der Waals surface area contributed by atoms with Gasteiger partial charge in [-0.1, -0.05) is 57.9 Å². The third kappa shape index (κ3) is 3.83. The second-order valence-corrected chi connectivity index (χ2v) is 6.83. The summed E-state index contributed by atoms with van der Waals surface area (Å²) < 4.78 is 0. The molecular formula is C18H30N2. The zero-order chi connectivity index (χ0) is 14.5. The van der Waals surface area contributed by atoms with Crippen molar-refractivity contribution in [1.82, 2.24) is 5.43 Å². The fraction of sp³-hybridized carbons (Fsp3) is 0.667. The molecule has 0 bridgehead atoms. The van der Waals surface area contributed by atoms with E-state index in [1.165, 1.54) is 36.8 Å². The molecule has 0 spiro atoms. The molecule has 1 aromatic rings. The lowest BCUT2D eigenvalue weighted by Gasteiger charge is -2.24. The largest absolute Gasteiger partial charge is 0.271 e. The summed E-state index contributed by atoms with van der Waals surface area (Å²) in [6.45, 7) is 6.85. The minimum Gasteiger partial charge on any atom is -0.271 e. The van der Waals surface area contributed by atoms with Gasteiger partial charge in [-0.25, -0.2) is 0 Å². The standard InChI is InChI=1S/C18H30N2/c1-4-14-8-9-17(11-14)18(20-19)16-7-5-6-15(12-16)10-13(2)3/h5-7,12-14,17-18,20H,4,8-11,19H2,1-3H3. The monoisotopic (exact) mass is 274 g/mol. The van der Waals surface area contributed by atoms with Crippen molar-refractivity contribution in [3.63, 3.8) is 0 Å². The topological polar surface area (TPSA) is 38.0 Å². The van der Waals surface area contributed by atoms with Gasteiger partial charge in [0.1, 0.15) is 0 Å². The molecule has 0 aromatic heterocycles. The Labute approximate surface area is 124 Å². The maximum atomic E-state index is 5.87. The van der Waals surface area contributed by atoms with E-state index in [0.29, 0.717) is 17.9 Å². The SMILES string of the molecule is CCC1CCC(C(NN)c2cccc(CC(C)C)c2)C1. The molecule has 2 rings (SSSR count). The second kappa shape index (κ2) is 7.24. The lowest BCUT2D eigenvalue weighted by atomic mass is 9.89. The van der Waals surface area contributed by atoms with E-state index in [-0.39, 0.29) is 0 Å². The van der Waals surface area contributed by atoms with E-state index < -0.39 is 0 Å². The van der Waals surface area contributed by atoms with Gasteiger partial charge in [0.05, 0.1) is 0 Å². The molecule has 1 fully saturated rings. The van der Waals surface area contributed by atoms with Crippen LogP contribution in [0.5, 0.6) is 0 Å². The molecule has 3 N–H and O–H groups in total. The van der Waals surface area contributed by atoms with Crippen molar-refractivity contribution in [3.8, 4) is 0 Å². The van der Waals surface area contributed by atoms with Crippen molar-refractivity contribution in [2.45, 2.75) is 58.9 Å². The van der Waals surface area contributed by atoms with Crippen LogP contribution in [-0.2, 0) is 6.42 Å². The van der Waals surface area contributed by atoms with Gasteiger partial charge in [0, 0.05) is 6.04 Å². The quantitative estimate of drug-likeness (QED) is 0.602. The highest BCUT2D eigenvalue weighted by atomic mass is 15.2. The van der Waals surface area contributed by atoms with E-state index in [0.717, 1.165) is 12.3 Å². The van der Waals surface area contributed by atoms with Crippen LogP contribution in [-0.4, -0.2) is 0 Å². The number of hydrogen-bond acceptors (Lipinski definition) is 2. The number of nitrogens with one attached hydrogen (secondary N) is 1. The molecule has 0 saturated heterocycles. The van der Waals surface area contributed by atoms with E-state index in [9.17, 15) is 0 Å². The highest BCUT2D eigenvalue weighted by Crippen LogP contribution is 2.40. The Kier molecular flexibility index (Phi) is 5.62. The zero-order valence-corrected chi connectivity index (χ0v) is 13.2. The summed E-state index contributed by atoms with van der Waals surface area (Å²) in [5, 5.41) is 0.